The van der Waals surface area contributed by atoms with Crippen LogP contribution in [0.3, 0.4) is 0 Å². The summed E-state index contributed by atoms with van der Waals surface area (Å²) in [5, 5.41) is 22.5. The minimum Gasteiger partial charge on any atom is -0.395 e. The third-order valence-corrected chi connectivity index (χ3v) is 13.4. The van der Waals surface area contributed by atoms with Crippen molar-refractivity contribution in [3.63, 3.8) is 0 Å². The van der Waals surface area contributed by atoms with Crippen molar-refractivity contribution in [3.05, 3.63) is 70.9 Å². The lowest BCUT2D eigenvalue weighted by Crippen LogP contribution is -2.47. The maximum Gasteiger partial charge on any atom is 0.0795 e. The monoisotopic (exact) mass is 593 g/mol. The van der Waals surface area contributed by atoms with E-state index >= 15 is 0 Å². The van der Waals surface area contributed by atoms with Crippen molar-refractivity contribution in [3.8, 4) is 0 Å². The number of anilines is 1. The number of hydrogen-bond acceptors (Lipinski definition) is 6. The summed E-state index contributed by atoms with van der Waals surface area (Å²) in [6, 6.07) is 7.45. The van der Waals surface area contributed by atoms with Crippen LogP contribution in [-0.4, -0.2) is 63.1 Å². The van der Waals surface area contributed by atoms with Crippen molar-refractivity contribution >= 4 is 34.8 Å². The van der Waals surface area contributed by atoms with Crippen LogP contribution >= 0.6 is 23.5 Å². The molecule has 0 radical (unpaired) electrons. The van der Waals surface area contributed by atoms with Gasteiger partial charge in [0.1, 0.15) is 0 Å². The number of methoxy groups -OCH3 is 1. The van der Waals surface area contributed by atoms with Gasteiger partial charge in [0.15, 0.2) is 0 Å². The molecule has 6 heteroatoms. The number of aliphatic hydroxyl groups excluding tert-OH is 2. The van der Waals surface area contributed by atoms with Crippen LogP contribution in [0.4, 0.5) is 5.69 Å². The topological polar surface area (TPSA) is 52.9 Å². The van der Waals surface area contributed by atoms with Crippen molar-refractivity contribution in [2.75, 3.05) is 18.6 Å². The molecular weight excluding hydrogens is 547 g/mol. The van der Waals surface area contributed by atoms with Crippen LogP contribution in [0.15, 0.2) is 59.7 Å². The molecule has 3 aliphatic heterocycles. The highest BCUT2D eigenvalue weighted by Crippen LogP contribution is 2.48. The predicted octanol–water partition coefficient (Wildman–Crippen LogP) is 7.62. The Hall–Kier alpha value is -1.44. The molecule has 6 rings (SSSR count). The highest BCUT2D eigenvalue weighted by molar-refractivity contribution is 8.04. The largest absolute Gasteiger partial charge is 0.395 e. The van der Waals surface area contributed by atoms with E-state index < -0.39 is 6.10 Å². The van der Waals surface area contributed by atoms with Gasteiger partial charge in [-0.25, -0.2) is 0 Å². The Morgan fingerprint density at radius 3 is 2.66 bits per heavy atom. The molecule has 3 heterocycles. The Morgan fingerprint density at radius 2 is 1.95 bits per heavy atom. The van der Waals surface area contributed by atoms with Gasteiger partial charge < -0.3 is 19.8 Å². The molecule has 0 amide bonds. The van der Waals surface area contributed by atoms with Crippen molar-refractivity contribution in [1.29, 1.82) is 0 Å². The number of rotatable bonds is 8. The third-order valence-electron chi connectivity index (χ3n) is 9.92. The van der Waals surface area contributed by atoms with Crippen LogP contribution < -0.4 is 4.90 Å². The molecule has 222 valence electrons. The first-order chi connectivity index (χ1) is 20.0. The molecule has 0 bridgehead atoms. The maximum atomic E-state index is 10.4. The van der Waals surface area contributed by atoms with E-state index in [1.807, 2.05) is 18.7 Å². The normalized spacial score (nSPS) is 34.2. The summed E-state index contributed by atoms with van der Waals surface area (Å²) < 4.78 is 5.75. The van der Waals surface area contributed by atoms with Crippen LogP contribution in [0, 0.1) is 0 Å². The van der Waals surface area contributed by atoms with Crippen LogP contribution in [0.5, 0.6) is 0 Å². The quantitative estimate of drug-likeness (QED) is 0.323. The first-order valence-electron chi connectivity index (χ1n) is 15.8. The third kappa shape index (κ3) is 6.15. The van der Waals surface area contributed by atoms with Crippen molar-refractivity contribution < 1.29 is 14.9 Å². The van der Waals surface area contributed by atoms with Gasteiger partial charge in [-0.15, -0.1) is 11.8 Å². The Morgan fingerprint density at radius 1 is 1.12 bits per heavy atom. The molecular formula is C35H47NO3S2. The van der Waals surface area contributed by atoms with Gasteiger partial charge in [0.2, 0.25) is 0 Å². The summed E-state index contributed by atoms with van der Waals surface area (Å²) in [7, 11) is 1.80. The lowest BCUT2D eigenvalue weighted by Gasteiger charge is -2.47. The first-order valence-corrected chi connectivity index (χ1v) is 17.7. The van der Waals surface area contributed by atoms with E-state index in [-0.39, 0.29) is 6.10 Å². The molecule has 2 aliphatic carbocycles. The zero-order valence-corrected chi connectivity index (χ0v) is 26.5. The zero-order valence-electron chi connectivity index (χ0n) is 24.9. The first kappa shape index (κ1) is 29.6. The fraction of sp³-hybridized carbons (Fsp3) is 0.600. The van der Waals surface area contributed by atoms with E-state index in [0.717, 1.165) is 41.7 Å². The van der Waals surface area contributed by atoms with Crippen molar-refractivity contribution in [2.24, 2.45) is 0 Å². The summed E-state index contributed by atoms with van der Waals surface area (Å²) in [6.07, 6.45) is 22.0. The van der Waals surface area contributed by atoms with Gasteiger partial charge in [-0.05, 0) is 87.1 Å². The van der Waals surface area contributed by atoms with Crippen molar-refractivity contribution in [2.45, 2.75) is 117 Å². The lowest BCUT2D eigenvalue weighted by molar-refractivity contribution is 0.144. The Labute approximate surface area is 255 Å². The number of benzene rings is 1. The molecule has 8 atom stereocenters. The van der Waals surface area contributed by atoms with Gasteiger partial charge in [0.25, 0.3) is 0 Å². The standard InChI is InChI=1S/C35H47NO3S2/c1-4-32-29-15-11-26(39-3)20-30(29)31-19-24(22(2)38)8-16-33(31)36(32)25-9-5-23(6-10-25)7-12-27-13-17-34(40-27)35-18-14-28(21-37)41-35/h5,7-8,11-12,15-16,19,22,25-28,32,34-35,37-38H,4,6,9-10,13-14,17-18,20-21H2,1-3H3. The second-order valence-electron chi connectivity index (χ2n) is 12.5. The van der Waals surface area contributed by atoms with E-state index in [9.17, 15) is 10.2 Å². The fourth-order valence-electron chi connectivity index (χ4n) is 7.63. The molecule has 0 aromatic heterocycles. The number of thioether (sulfide) groups is 2. The summed E-state index contributed by atoms with van der Waals surface area (Å²) in [6.45, 7) is 4.52. The summed E-state index contributed by atoms with van der Waals surface area (Å²) >= 11 is 4.22. The number of fused-ring (bicyclic) bond motifs is 2. The van der Waals surface area contributed by atoms with Crippen LogP contribution in [0.2, 0.25) is 0 Å². The highest BCUT2D eigenvalue weighted by atomic mass is 32.2. The molecule has 2 fully saturated rings. The molecule has 1 aromatic carbocycles. The number of allylic oxidation sites excluding steroid dienone is 2. The van der Waals surface area contributed by atoms with Crippen LogP contribution in [0.1, 0.15) is 88.9 Å². The van der Waals surface area contributed by atoms with Gasteiger partial charge in [0.05, 0.1) is 24.9 Å². The number of aliphatic hydroxyl groups is 2. The molecule has 5 aliphatic rings. The number of hydrogen-bond donors (Lipinski definition) is 2. The molecule has 1 aromatic rings. The van der Waals surface area contributed by atoms with E-state index in [2.05, 4.69) is 72.2 Å². The molecule has 2 N–H and O–H groups in total. The molecule has 8 unspecified atom stereocenters. The molecule has 2 saturated heterocycles. The van der Waals surface area contributed by atoms with E-state index in [0.29, 0.717) is 29.2 Å². The van der Waals surface area contributed by atoms with Crippen LogP contribution in [-0.2, 0) is 4.74 Å². The van der Waals surface area contributed by atoms with Gasteiger partial charge in [-0.1, -0.05) is 48.9 Å². The second kappa shape index (κ2) is 13.1. The summed E-state index contributed by atoms with van der Waals surface area (Å²) in [5.74, 6) is 0. The lowest BCUT2D eigenvalue weighted by atomic mass is 9.78. The maximum absolute atomic E-state index is 10.4. The molecule has 41 heavy (non-hydrogen) atoms. The van der Waals surface area contributed by atoms with E-state index in [4.69, 9.17) is 4.74 Å². The van der Waals surface area contributed by atoms with Gasteiger partial charge in [-0.3, -0.25) is 0 Å². The highest BCUT2D eigenvalue weighted by Gasteiger charge is 2.38. The molecule has 0 spiro atoms. The van der Waals surface area contributed by atoms with Gasteiger partial charge >= 0.3 is 0 Å². The molecule has 0 saturated carbocycles. The smallest absolute Gasteiger partial charge is 0.0795 e. The number of ether oxygens (including phenoxy) is 1. The van der Waals surface area contributed by atoms with E-state index in [1.54, 1.807) is 7.11 Å². The Balaban J connectivity index is 1.17. The summed E-state index contributed by atoms with van der Waals surface area (Å²) in [5.41, 5.74) is 7.91. The second-order valence-corrected chi connectivity index (χ2v) is 15.5. The average molecular weight is 594 g/mol. The average Bonchev–Trinajstić information content (AvgIpc) is 3.69. The van der Waals surface area contributed by atoms with E-state index in [1.165, 1.54) is 60.1 Å². The SMILES string of the molecule is CCC1C2=C(CC(OC)C=C2)c2cc(C(C)O)ccc2N1C1CC=C(C=CC2CCC(C3CCC(CO)S3)S2)CC1. The minimum absolute atomic E-state index is 0.107. The fourth-order valence-corrected chi connectivity index (χ4v) is 10.9. The Kier molecular flexibility index (Phi) is 9.43. The van der Waals surface area contributed by atoms with Gasteiger partial charge in [0, 0.05) is 51.8 Å². The predicted molar refractivity (Wildman–Crippen MR) is 176 cm³/mol. The zero-order chi connectivity index (χ0) is 28.5. The number of nitrogens with zero attached hydrogens (tertiary/aromatic N) is 1. The van der Waals surface area contributed by atoms with Crippen LogP contribution in [0.25, 0.3) is 5.57 Å². The Bertz CT molecular complexity index is 1220. The van der Waals surface area contributed by atoms with Crippen molar-refractivity contribution in [1.82, 2.24) is 0 Å². The summed E-state index contributed by atoms with van der Waals surface area (Å²) in [4.78, 5) is 2.71. The minimum atomic E-state index is -0.478. The van der Waals surface area contributed by atoms with Gasteiger partial charge in [-0.2, -0.15) is 11.8 Å². The molecule has 4 nitrogen and oxygen atoms in total.